The third-order valence-corrected chi connectivity index (χ3v) is 2.77. The van der Waals surface area contributed by atoms with Crippen LogP contribution in [0.25, 0.3) is 6.08 Å². The van der Waals surface area contributed by atoms with E-state index in [4.69, 9.17) is 16.7 Å². The van der Waals surface area contributed by atoms with Crippen molar-refractivity contribution in [1.29, 1.82) is 0 Å². The Balaban J connectivity index is 2.14. The summed E-state index contributed by atoms with van der Waals surface area (Å²) in [6.07, 6.45) is 3.91. The van der Waals surface area contributed by atoms with Crippen LogP contribution in [0.4, 0.5) is 5.82 Å². The van der Waals surface area contributed by atoms with Gasteiger partial charge in [0.1, 0.15) is 5.82 Å². The molecule has 106 valence electrons. The van der Waals surface area contributed by atoms with Crippen molar-refractivity contribution < 1.29 is 14.7 Å². The van der Waals surface area contributed by atoms with E-state index >= 15 is 0 Å². The first kappa shape index (κ1) is 14.7. The van der Waals surface area contributed by atoms with Crippen LogP contribution in [0.5, 0.6) is 0 Å². The molecule has 2 N–H and O–H groups in total. The van der Waals surface area contributed by atoms with Crippen LogP contribution in [0.15, 0.2) is 48.7 Å². The molecule has 0 aliphatic carbocycles. The number of hydrogen-bond donors (Lipinski definition) is 2. The van der Waals surface area contributed by atoms with Crippen LogP contribution in [-0.2, 0) is 4.79 Å². The number of aromatic nitrogens is 1. The molecule has 0 aliphatic heterocycles. The number of carboxylic acid groups (broad SMARTS) is 1. The van der Waals surface area contributed by atoms with E-state index in [2.05, 4.69) is 10.3 Å². The van der Waals surface area contributed by atoms with Crippen molar-refractivity contribution in [2.24, 2.45) is 0 Å². The van der Waals surface area contributed by atoms with Crippen LogP contribution < -0.4 is 5.32 Å². The molecule has 0 spiro atoms. The summed E-state index contributed by atoms with van der Waals surface area (Å²) in [5.41, 5.74) is 1.03. The summed E-state index contributed by atoms with van der Waals surface area (Å²) in [7, 11) is 0. The maximum absolute atomic E-state index is 12.0. The number of amides is 1. The highest BCUT2D eigenvalue weighted by atomic mass is 35.5. The summed E-state index contributed by atoms with van der Waals surface area (Å²) >= 11 is 5.83. The third kappa shape index (κ3) is 4.43. The van der Waals surface area contributed by atoms with Gasteiger partial charge in [-0.25, -0.2) is 9.78 Å². The van der Waals surface area contributed by atoms with Crippen LogP contribution in [0, 0.1) is 0 Å². The lowest BCUT2D eigenvalue weighted by Gasteiger charge is -2.05. The van der Waals surface area contributed by atoms with Gasteiger partial charge < -0.3 is 10.4 Å². The fraction of sp³-hybridized carbons (Fsp3) is 0. The lowest BCUT2D eigenvalue weighted by Crippen LogP contribution is -2.12. The second-order valence-electron chi connectivity index (χ2n) is 4.11. The van der Waals surface area contributed by atoms with E-state index < -0.39 is 5.97 Å². The topological polar surface area (TPSA) is 79.3 Å². The molecule has 0 saturated heterocycles. The number of nitrogens with one attached hydrogen (secondary N) is 1. The monoisotopic (exact) mass is 302 g/mol. The largest absolute Gasteiger partial charge is 0.478 e. The third-order valence-electron chi connectivity index (χ3n) is 2.53. The SMILES string of the molecule is O=C(O)/C=C/c1ccnc(NC(=O)c2cccc(Cl)c2)c1. The van der Waals surface area contributed by atoms with E-state index in [-0.39, 0.29) is 5.91 Å². The molecule has 2 aromatic rings. The van der Waals surface area contributed by atoms with Crippen LogP contribution in [-0.4, -0.2) is 22.0 Å². The van der Waals surface area contributed by atoms with E-state index in [1.807, 2.05) is 0 Å². The van der Waals surface area contributed by atoms with Gasteiger partial charge >= 0.3 is 5.97 Å². The van der Waals surface area contributed by atoms with Gasteiger partial charge in [0, 0.05) is 22.9 Å². The minimum absolute atomic E-state index is 0.326. The minimum Gasteiger partial charge on any atom is -0.478 e. The fourth-order valence-electron chi connectivity index (χ4n) is 1.60. The van der Waals surface area contributed by atoms with E-state index in [1.54, 1.807) is 36.4 Å². The van der Waals surface area contributed by atoms with Gasteiger partial charge in [-0.1, -0.05) is 17.7 Å². The number of carbonyl (C=O) groups is 2. The first-order valence-electron chi connectivity index (χ1n) is 5.98. The van der Waals surface area contributed by atoms with Crippen LogP contribution >= 0.6 is 11.6 Å². The van der Waals surface area contributed by atoms with Gasteiger partial charge in [0.2, 0.25) is 0 Å². The summed E-state index contributed by atoms with van der Waals surface area (Å²) < 4.78 is 0. The number of anilines is 1. The van der Waals surface area contributed by atoms with Crippen molar-refractivity contribution in [3.63, 3.8) is 0 Å². The van der Waals surface area contributed by atoms with Crippen molar-refractivity contribution in [3.05, 3.63) is 64.8 Å². The van der Waals surface area contributed by atoms with Gasteiger partial charge in [0.25, 0.3) is 5.91 Å². The average Bonchev–Trinajstić information content (AvgIpc) is 2.45. The van der Waals surface area contributed by atoms with E-state index in [0.717, 1.165) is 6.08 Å². The highest BCUT2D eigenvalue weighted by Gasteiger charge is 2.07. The summed E-state index contributed by atoms with van der Waals surface area (Å²) in [4.78, 5) is 26.5. The Morgan fingerprint density at radius 2 is 2.05 bits per heavy atom. The van der Waals surface area contributed by atoms with Crippen LogP contribution in [0.2, 0.25) is 5.02 Å². The van der Waals surface area contributed by atoms with Gasteiger partial charge in [-0.2, -0.15) is 0 Å². The molecule has 1 heterocycles. The van der Waals surface area contributed by atoms with Crippen molar-refractivity contribution in [3.8, 4) is 0 Å². The molecule has 0 atom stereocenters. The second kappa shape index (κ2) is 6.67. The Bertz CT molecular complexity index is 714. The minimum atomic E-state index is -1.05. The van der Waals surface area contributed by atoms with E-state index in [1.165, 1.54) is 12.3 Å². The summed E-state index contributed by atoms with van der Waals surface area (Å²) in [5, 5.41) is 11.7. The Labute approximate surface area is 125 Å². The molecule has 2 rings (SSSR count). The number of hydrogen-bond acceptors (Lipinski definition) is 3. The average molecular weight is 303 g/mol. The number of benzene rings is 1. The summed E-state index contributed by atoms with van der Waals surface area (Å²) in [5.74, 6) is -1.06. The standard InChI is InChI=1S/C15H11ClN2O3/c16-12-3-1-2-11(9-12)15(21)18-13-8-10(6-7-17-13)4-5-14(19)20/h1-9H,(H,19,20)(H,17,18,21)/b5-4+. The lowest BCUT2D eigenvalue weighted by atomic mass is 10.2. The molecule has 1 amide bonds. The van der Waals surface area contributed by atoms with Crippen molar-refractivity contribution >= 4 is 35.4 Å². The molecule has 0 fully saturated rings. The highest BCUT2D eigenvalue weighted by Crippen LogP contribution is 2.13. The molecule has 0 unspecified atom stereocenters. The molecule has 21 heavy (non-hydrogen) atoms. The molecule has 0 aliphatic rings. The molecular weight excluding hydrogens is 292 g/mol. The van der Waals surface area contributed by atoms with Crippen molar-refractivity contribution in [2.75, 3.05) is 5.32 Å². The molecule has 1 aromatic heterocycles. The van der Waals surface area contributed by atoms with Gasteiger partial charge in [-0.3, -0.25) is 4.79 Å². The van der Waals surface area contributed by atoms with Crippen molar-refractivity contribution in [1.82, 2.24) is 4.98 Å². The number of nitrogens with zero attached hydrogens (tertiary/aromatic N) is 1. The predicted molar refractivity (Wildman–Crippen MR) is 80.3 cm³/mol. The van der Waals surface area contributed by atoms with E-state index in [9.17, 15) is 9.59 Å². The Morgan fingerprint density at radius 1 is 1.24 bits per heavy atom. The Hall–Kier alpha value is -2.66. The first-order valence-corrected chi connectivity index (χ1v) is 6.36. The number of carbonyl (C=O) groups excluding carboxylic acids is 1. The number of aliphatic carboxylic acids is 1. The number of carboxylic acids is 1. The lowest BCUT2D eigenvalue weighted by molar-refractivity contribution is -0.131. The van der Waals surface area contributed by atoms with Crippen molar-refractivity contribution in [2.45, 2.75) is 0 Å². The molecule has 0 bridgehead atoms. The Morgan fingerprint density at radius 3 is 2.76 bits per heavy atom. The second-order valence-corrected chi connectivity index (χ2v) is 4.55. The number of pyridine rings is 1. The zero-order valence-corrected chi connectivity index (χ0v) is 11.5. The first-order chi connectivity index (χ1) is 10.0. The van der Waals surface area contributed by atoms with E-state index in [0.29, 0.717) is 22.0 Å². The summed E-state index contributed by atoms with van der Waals surface area (Å²) in [6.45, 7) is 0. The van der Waals surface area contributed by atoms with Gasteiger partial charge in [-0.05, 0) is 42.0 Å². The maximum Gasteiger partial charge on any atom is 0.328 e. The molecule has 0 saturated carbocycles. The normalized spacial score (nSPS) is 10.5. The number of halogens is 1. The van der Waals surface area contributed by atoms with Gasteiger partial charge in [0.05, 0.1) is 0 Å². The quantitative estimate of drug-likeness (QED) is 0.851. The molecular formula is C15H11ClN2O3. The zero-order chi connectivity index (χ0) is 15.2. The molecule has 6 heteroatoms. The molecule has 5 nitrogen and oxygen atoms in total. The van der Waals surface area contributed by atoms with Crippen LogP contribution in [0.3, 0.4) is 0 Å². The zero-order valence-electron chi connectivity index (χ0n) is 10.8. The predicted octanol–water partition coefficient (Wildman–Crippen LogP) is 3.09. The van der Waals surface area contributed by atoms with Crippen LogP contribution in [0.1, 0.15) is 15.9 Å². The number of rotatable bonds is 4. The van der Waals surface area contributed by atoms with Gasteiger partial charge in [0.15, 0.2) is 0 Å². The Kier molecular flexibility index (Phi) is 4.68. The maximum atomic E-state index is 12.0. The smallest absolute Gasteiger partial charge is 0.328 e. The molecule has 1 aromatic carbocycles. The molecule has 0 radical (unpaired) electrons. The summed E-state index contributed by atoms with van der Waals surface area (Å²) in [6, 6.07) is 9.74. The van der Waals surface area contributed by atoms with Gasteiger partial charge in [-0.15, -0.1) is 0 Å². The highest BCUT2D eigenvalue weighted by molar-refractivity contribution is 6.31. The fourth-order valence-corrected chi connectivity index (χ4v) is 1.79.